The van der Waals surface area contributed by atoms with Gasteiger partial charge in [-0.05, 0) is 84.7 Å². The first kappa shape index (κ1) is 33.2. The van der Waals surface area contributed by atoms with Crippen molar-refractivity contribution in [1.82, 2.24) is 4.90 Å². The molecule has 1 aliphatic carbocycles. The summed E-state index contributed by atoms with van der Waals surface area (Å²) in [6, 6.07) is 5.66. The zero-order valence-corrected chi connectivity index (χ0v) is 25.4. The minimum absolute atomic E-state index is 0.0477. The number of hydrogen-bond donors (Lipinski definition) is 1. The third-order valence-corrected chi connectivity index (χ3v) is 8.18. The molecule has 1 aliphatic heterocycles. The van der Waals surface area contributed by atoms with Crippen molar-refractivity contribution in [2.24, 2.45) is 11.3 Å². The van der Waals surface area contributed by atoms with Crippen LogP contribution in [0.25, 0.3) is 5.57 Å². The van der Waals surface area contributed by atoms with Gasteiger partial charge in [-0.25, -0.2) is 4.79 Å². The van der Waals surface area contributed by atoms with E-state index in [4.69, 9.17) is 9.47 Å². The highest BCUT2D eigenvalue weighted by Crippen LogP contribution is 2.47. The van der Waals surface area contributed by atoms with Crippen LogP contribution in [-0.2, 0) is 21.9 Å². The Balaban J connectivity index is 1.73. The summed E-state index contributed by atoms with van der Waals surface area (Å²) >= 11 is 0. The highest BCUT2D eigenvalue weighted by atomic mass is 19.4. The molecule has 1 saturated heterocycles. The maximum absolute atomic E-state index is 13.5. The number of hydrogen-bond acceptors (Lipinski definition) is 4. The first-order chi connectivity index (χ1) is 20.3. The summed E-state index contributed by atoms with van der Waals surface area (Å²) in [6.45, 7) is 9.30. The Morgan fingerprint density at radius 2 is 1.68 bits per heavy atom. The molecule has 0 aromatic heterocycles. The highest BCUT2D eigenvalue weighted by molar-refractivity contribution is 5.93. The molecule has 12 heteroatoms. The summed E-state index contributed by atoms with van der Waals surface area (Å²) in [7, 11) is 1.52. The van der Waals surface area contributed by atoms with Gasteiger partial charge in [0.15, 0.2) is 0 Å². The summed E-state index contributed by atoms with van der Waals surface area (Å²) < 4.78 is 92.3. The molecule has 0 bridgehead atoms. The molecule has 2 atom stereocenters. The van der Waals surface area contributed by atoms with Crippen LogP contribution >= 0.6 is 0 Å². The van der Waals surface area contributed by atoms with E-state index in [2.05, 4.69) is 19.2 Å². The standard InChI is InChI=1S/C32H36F6N2O4/c1-17(2)28(41)39-23-7-8-26(43-6)25(14-23)24-9-10-30(4,5)15-20(24)16-40-18(3)27(44-29(40)42)19-11-21(31(33,34)35)13-22(12-19)32(36,37)38/h7-8,11-14,17-18,27H,9-10,15-16H2,1-6H3,(H,39,41)/t18-,27-/m0/s1. The number of carbonyl (C=O) groups is 2. The van der Waals surface area contributed by atoms with Gasteiger partial charge in [0, 0.05) is 23.7 Å². The number of rotatable bonds is 7. The summed E-state index contributed by atoms with van der Waals surface area (Å²) in [6.07, 6.45) is -10.3. The number of ether oxygens (including phenoxy) is 2. The lowest BCUT2D eigenvalue weighted by Gasteiger charge is -2.36. The molecule has 2 aromatic carbocycles. The van der Waals surface area contributed by atoms with Crippen LogP contribution in [0.5, 0.6) is 5.75 Å². The number of alkyl halides is 6. The smallest absolute Gasteiger partial charge is 0.416 e. The van der Waals surface area contributed by atoms with Crippen molar-refractivity contribution in [3.8, 4) is 5.75 Å². The summed E-state index contributed by atoms with van der Waals surface area (Å²) in [5.41, 5.74) is -0.438. The van der Waals surface area contributed by atoms with Crippen molar-refractivity contribution in [3.05, 3.63) is 64.2 Å². The monoisotopic (exact) mass is 626 g/mol. The van der Waals surface area contributed by atoms with E-state index < -0.39 is 41.7 Å². The fourth-order valence-electron chi connectivity index (χ4n) is 5.71. The average molecular weight is 627 g/mol. The van der Waals surface area contributed by atoms with Gasteiger partial charge in [-0.1, -0.05) is 27.7 Å². The number of benzene rings is 2. The van der Waals surface area contributed by atoms with Gasteiger partial charge in [0.1, 0.15) is 11.9 Å². The number of halogens is 6. The van der Waals surface area contributed by atoms with Crippen LogP contribution in [0.2, 0.25) is 0 Å². The quantitative estimate of drug-likeness (QED) is 0.312. The van der Waals surface area contributed by atoms with E-state index in [0.717, 1.165) is 23.1 Å². The van der Waals surface area contributed by atoms with Crippen molar-refractivity contribution in [1.29, 1.82) is 0 Å². The predicted octanol–water partition coefficient (Wildman–Crippen LogP) is 8.87. The molecular weight excluding hydrogens is 590 g/mol. The van der Waals surface area contributed by atoms with Crippen LogP contribution < -0.4 is 10.1 Å². The number of amides is 2. The minimum Gasteiger partial charge on any atom is -0.496 e. The van der Waals surface area contributed by atoms with Crippen molar-refractivity contribution >= 4 is 23.3 Å². The van der Waals surface area contributed by atoms with E-state index in [-0.39, 0.29) is 35.4 Å². The number of cyclic esters (lactones) is 1. The number of nitrogens with one attached hydrogen (secondary N) is 1. The average Bonchev–Trinajstić information content (AvgIpc) is 3.20. The maximum atomic E-state index is 13.5. The number of methoxy groups -OCH3 is 1. The first-order valence-electron chi connectivity index (χ1n) is 14.3. The second-order valence-electron chi connectivity index (χ2n) is 12.5. The summed E-state index contributed by atoms with van der Waals surface area (Å²) in [5.74, 6) is 0.145. The fraction of sp³-hybridized carbons (Fsp3) is 0.500. The van der Waals surface area contributed by atoms with Crippen molar-refractivity contribution in [3.63, 3.8) is 0 Å². The van der Waals surface area contributed by atoms with Gasteiger partial charge in [0.05, 0.1) is 24.3 Å². The highest BCUT2D eigenvalue weighted by Gasteiger charge is 2.44. The van der Waals surface area contributed by atoms with Gasteiger partial charge < -0.3 is 14.8 Å². The van der Waals surface area contributed by atoms with Crippen LogP contribution in [0.3, 0.4) is 0 Å². The van der Waals surface area contributed by atoms with E-state index in [1.54, 1.807) is 32.9 Å². The molecule has 1 N–H and O–H groups in total. The van der Waals surface area contributed by atoms with Crippen molar-refractivity contribution in [2.75, 3.05) is 19.0 Å². The topological polar surface area (TPSA) is 67.9 Å². The Morgan fingerprint density at radius 3 is 2.23 bits per heavy atom. The molecule has 0 unspecified atom stereocenters. The Labute approximate surface area is 252 Å². The molecule has 1 fully saturated rings. The number of nitrogens with zero attached hydrogens (tertiary/aromatic N) is 1. The van der Waals surface area contributed by atoms with Gasteiger partial charge >= 0.3 is 18.4 Å². The van der Waals surface area contributed by atoms with Crippen molar-refractivity contribution < 1.29 is 45.4 Å². The third-order valence-electron chi connectivity index (χ3n) is 8.18. The van der Waals surface area contributed by atoms with Crippen LogP contribution in [0, 0.1) is 11.3 Å². The molecule has 2 amide bonds. The Morgan fingerprint density at radius 1 is 1.07 bits per heavy atom. The van der Waals surface area contributed by atoms with Crippen LogP contribution in [0.1, 0.15) is 82.2 Å². The molecule has 0 saturated carbocycles. The van der Waals surface area contributed by atoms with E-state index in [1.165, 1.54) is 12.0 Å². The molecule has 1 heterocycles. The Kier molecular flexibility index (Phi) is 9.06. The summed E-state index contributed by atoms with van der Waals surface area (Å²) in [5, 5.41) is 2.88. The lowest BCUT2D eigenvalue weighted by atomic mass is 9.72. The molecular formula is C32H36F6N2O4. The summed E-state index contributed by atoms with van der Waals surface area (Å²) in [4.78, 5) is 26.8. The van der Waals surface area contributed by atoms with E-state index >= 15 is 0 Å². The lowest BCUT2D eigenvalue weighted by Crippen LogP contribution is -2.35. The van der Waals surface area contributed by atoms with E-state index in [1.807, 2.05) is 6.07 Å². The molecule has 2 aromatic rings. The molecule has 44 heavy (non-hydrogen) atoms. The van der Waals surface area contributed by atoms with E-state index in [0.29, 0.717) is 36.4 Å². The molecule has 6 nitrogen and oxygen atoms in total. The number of anilines is 1. The van der Waals surface area contributed by atoms with Gasteiger partial charge in [-0.15, -0.1) is 0 Å². The predicted molar refractivity (Wildman–Crippen MR) is 153 cm³/mol. The van der Waals surface area contributed by atoms with Crippen LogP contribution in [0.15, 0.2) is 42.0 Å². The number of allylic oxidation sites excluding steroid dienone is 1. The molecule has 0 spiro atoms. The zero-order valence-electron chi connectivity index (χ0n) is 25.4. The molecule has 240 valence electrons. The van der Waals surface area contributed by atoms with Gasteiger partial charge in [-0.2, -0.15) is 26.3 Å². The van der Waals surface area contributed by atoms with Crippen LogP contribution in [-0.4, -0.2) is 36.6 Å². The maximum Gasteiger partial charge on any atom is 0.416 e. The van der Waals surface area contributed by atoms with Gasteiger partial charge in [0.25, 0.3) is 0 Å². The Hall–Kier alpha value is -3.70. The van der Waals surface area contributed by atoms with Gasteiger partial charge in [0.2, 0.25) is 5.91 Å². The fourth-order valence-corrected chi connectivity index (χ4v) is 5.71. The molecule has 4 rings (SSSR count). The van der Waals surface area contributed by atoms with E-state index in [9.17, 15) is 35.9 Å². The SMILES string of the molecule is COc1ccc(NC(=O)C(C)C)cc1C1=C(CN2C(=O)O[C@H](c3cc(C(F)(F)F)cc(C(F)(F)F)c3)[C@@H]2C)CC(C)(C)CC1. The van der Waals surface area contributed by atoms with Crippen LogP contribution in [0.4, 0.5) is 36.8 Å². The Bertz CT molecular complexity index is 1430. The van der Waals surface area contributed by atoms with Crippen molar-refractivity contribution in [2.45, 2.75) is 78.4 Å². The molecule has 0 radical (unpaired) electrons. The third kappa shape index (κ3) is 7.15. The second-order valence-corrected chi connectivity index (χ2v) is 12.5. The second kappa shape index (κ2) is 12.0. The molecule has 2 aliphatic rings. The largest absolute Gasteiger partial charge is 0.496 e. The number of carbonyl (C=O) groups excluding carboxylic acids is 2. The lowest BCUT2D eigenvalue weighted by molar-refractivity contribution is -0.143. The first-order valence-corrected chi connectivity index (χ1v) is 14.3. The normalized spacial score (nSPS) is 20.7. The van der Waals surface area contributed by atoms with Gasteiger partial charge in [-0.3, -0.25) is 9.69 Å². The zero-order chi connectivity index (χ0) is 32.8. The minimum atomic E-state index is -5.03.